The minimum Gasteiger partial charge on any atom is -0.413 e. The SMILES string of the molecule is FC(F)(F)c1n[n-]c(-c2cccc(-c3ccccn3)n2)n1.FC(F)(F)c1nc(-c2cccc(-c3ccccn3)n2)n[nH]1.O=[N+]([O-])O.O=[N+]([O-])O.O=[N+]([O-])O.[Tm].[Tm]. The minimum atomic E-state index is -4.62. The van der Waals surface area contributed by atoms with Crippen molar-refractivity contribution in [1.82, 2.24) is 50.3 Å². The second-order valence-electron chi connectivity index (χ2n) is 8.92. The Morgan fingerprint density at radius 1 is 0.571 bits per heavy atom. The molecule has 0 fully saturated rings. The predicted octanol–water partition coefficient (Wildman–Crippen LogP) is 4.48. The van der Waals surface area contributed by atoms with Crippen molar-refractivity contribution in [3.63, 3.8) is 0 Å². The Hall–Kier alpha value is -5.47. The molecule has 56 heavy (non-hydrogen) atoms. The number of H-pyrrole nitrogens is 1. The molecule has 0 aliphatic heterocycles. The standard InChI is InChI=1S/C13H8F3N5.C13H7F3N5.3HNO3.2Tm/c2*14-13(15,16)12-19-11(20-21-12)10-6-3-5-9(18-10)8-4-1-2-7-17-8;3*2-1(3)4;;/h1-7H,(H,19,20,21);1-7H;3*(H,2,3,4);;/q;-1;;;;;. The van der Waals surface area contributed by atoms with Crippen LogP contribution < -0.4 is 5.10 Å². The fraction of sp³-hybridized carbons (Fsp3) is 0.0769. The van der Waals surface area contributed by atoms with Crippen molar-refractivity contribution >= 4 is 0 Å². The first-order valence-electron chi connectivity index (χ1n) is 13.5. The maximum atomic E-state index is 12.5. The molecule has 0 saturated carbocycles. The number of nitrogens with one attached hydrogen (secondary N) is 1. The van der Waals surface area contributed by atoms with Gasteiger partial charge in [-0.25, -0.2) is 15.0 Å². The Balaban J connectivity index is 0.000000818. The van der Waals surface area contributed by atoms with E-state index in [1.54, 1.807) is 73.1 Å². The molecule has 0 aromatic carbocycles. The van der Waals surface area contributed by atoms with Gasteiger partial charge < -0.3 is 25.7 Å². The molecule has 6 aromatic rings. The number of aromatic nitrogens is 10. The zero-order valence-corrected chi connectivity index (χ0v) is 30.1. The summed E-state index contributed by atoms with van der Waals surface area (Å²) in [6.45, 7) is 0. The Kier molecular flexibility index (Phi) is 21.8. The summed E-state index contributed by atoms with van der Waals surface area (Å²) in [6.07, 6.45) is -5.97. The van der Waals surface area contributed by atoms with Gasteiger partial charge in [0, 0.05) is 86.1 Å². The van der Waals surface area contributed by atoms with Crippen molar-refractivity contribution in [2.75, 3.05) is 0 Å². The molecule has 6 rings (SSSR count). The fourth-order valence-corrected chi connectivity index (χ4v) is 3.40. The van der Waals surface area contributed by atoms with Crippen LogP contribution in [-0.4, -0.2) is 76.1 Å². The molecule has 0 saturated heterocycles. The quantitative estimate of drug-likeness (QED) is 0.107. The summed E-state index contributed by atoms with van der Waals surface area (Å²) in [5, 5.41) is 52.8. The number of pyridine rings is 4. The van der Waals surface area contributed by atoms with Crippen molar-refractivity contribution < 1.29 is 131 Å². The fourth-order valence-electron chi connectivity index (χ4n) is 3.40. The number of hydrogen-bond acceptors (Lipinski definition) is 14. The Bertz CT molecular complexity index is 1940. The Labute approximate surface area is 363 Å². The Morgan fingerprint density at radius 2 is 0.982 bits per heavy atom. The van der Waals surface area contributed by atoms with E-state index in [4.69, 9.17) is 46.0 Å². The molecule has 0 aliphatic rings. The van der Waals surface area contributed by atoms with Crippen LogP contribution in [0, 0.1) is 104 Å². The van der Waals surface area contributed by atoms with Gasteiger partial charge in [0.25, 0.3) is 15.3 Å². The molecule has 2 radical (unpaired) electrons. The molecule has 4 N–H and O–H groups in total. The van der Waals surface area contributed by atoms with Crippen LogP contribution in [0.3, 0.4) is 0 Å². The van der Waals surface area contributed by atoms with Gasteiger partial charge in [-0.05, 0) is 54.4 Å². The minimum absolute atomic E-state index is 0. The molecule has 0 spiro atoms. The topological polar surface area (TPSA) is 323 Å². The van der Waals surface area contributed by atoms with Crippen LogP contribution in [-0.2, 0) is 12.4 Å². The van der Waals surface area contributed by atoms with Gasteiger partial charge in [0.05, 0.1) is 28.5 Å². The van der Waals surface area contributed by atoms with E-state index in [0.29, 0.717) is 22.8 Å². The van der Waals surface area contributed by atoms with Gasteiger partial charge >= 0.3 is 12.4 Å². The maximum absolute atomic E-state index is 12.5. The normalized spacial score (nSPS) is 9.96. The third-order valence-corrected chi connectivity index (χ3v) is 5.27. The van der Waals surface area contributed by atoms with Gasteiger partial charge in [-0.15, -0.1) is 30.3 Å². The number of alkyl halides is 6. The molecular weight excluding hydrogens is 1090 g/mol. The van der Waals surface area contributed by atoms with E-state index in [9.17, 15) is 26.3 Å². The van der Waals surface area contributed by atoms with Crippen LogP contribution in [0.4, 0.5) is 26.3 Å². The van der Waals surface area contributed by atoms with E-state index in [1.807, 2.05) is 5.10 Å². The van der Waals surface area contributed by atoms with Crippen molar-refractivity contribution in [3.05, 3.63) is 127 Å². The van der Waals surface area contributed by atoms with Gasteiger partial charge in [-0.2, -0.15) is 31.4 Å². The summed E-state index contributed by atoms with van der Waals surface area (Å²) in [6, 6.07) is 20.4. The number of hydrogen-bond donors (Lipinski definition) is 4. The van der Waals surface area contributed by atoms with Gasteiger partial charge in [-0.3, -0.25) is 20.2 Å². The molecule has 0 amide bonds. The summed E-state index contributed by atoms with van der Waals surface area (Å²) >= 11 is 0. The van der Waals surface area contributed by atoms with Crippen LogP contribution in [0.25, 0.3) is 45.8 Å². The van der Waals surface area contributed by atoms with E-state index < -0.39 is 39.3 Å². The first-order valence-corrected chi connectivity index (χ1v) is 13.5. The number of rotatable bonds is 4. The molecule has 30 heteroatoms. The maximum Gasteiger partial charge on any atom is 0.451 e. The van der Waals surface area contributed by atoms with E-state index in [0.717, 1.165) is 0 Å². The third-order valence-electron chi connectivity index (χ3n) is 5.27. The number of nitrogens with zero attached hydrogens (tertiary/aromatic N) is 12. The van der Waals surface area contributed by atoms with E-state index in [-0.39, 0.29) is 96.8 Å². The second kappa shape index (κ2) is 24.1. The van der Waals surface area contributed by atoms with Crippen LogP contribution in [0.5, 0.6) is 0 Å². The van der Waals surface area contributed by atoms with Gasteiger partial charge in [0.2, 0.25) is 5.82 Å². The first-order chi connectivity index (χ1) is 25.3. The average molecular weight is 1110 g/mol. The zero-order chi connectivity index (χ0) is 40.5. The van der Waals surface area contributed by atoms with Gasteiger partial charge in [-0.1, -0.05) is 24.3 Å². The first kappa shape index (κ1) is 50.5. The summed E-state index contributed by atoms with van der Waals surface area (Å²) in [7, 11) is 0. The molecule has 0 aliphatic carbocycles. The summed E-state index contributed by atoms with van der Waals surface area (Å²) in [5.41, 5.74) is 2.73. The summed E-state index contributed by atoms with van der Waals surface area (Å²) in [4.78, 5) is 48.6. The average Bonchev–Trinajstić information content (AvgIpc) is 3.81. The zero-order valence-electron chi connectivity index (χ0n) is 26.6. The number of aromatic amines is 1. The van der Waals surface area contributed by atoms with Crippen LogP contribution >= 0.6 is 0 Å². The third kappa shape index (κ3) is 18.7. The molecule has 0 unspecified atom stereocenters. The molecule has 6 heterocycles. The summed E-state index contributed by atoms with van der Waals surface area (Å²) in [5.74, 6) is -2.70. The van der Waals surface area contributed by atoms with Crippen LogP contribution in [0.1, 0.15) is 11.6 Å². The summed E-state index contributed by atoms with van der Waals surface area (Å²) < 4.78 is 74.9. The van der Waals surface area contributed by atoms with E-state index >= 15 is 0 Å². The number of halogens is 6. The molecular formula is C26H18F6N13O9Tm2-. The van der Waals surface area contributed by atoms with Crippen LogP contribution in [0.2, 0.25) is 0 Å². The van der Waals surface area contributed by atoms with E-state index in [2.05, 4.69) is 45.2 Å². The van der Waals surface area contributed by atoms with Crippen molar-refractivity contribution in [3.8, 4) is 45.8 Å². The molecule has 22 nitrogen and oxygen atoms in total. The van der Waals surface area contributed by atoms with Crippen LogP contribution in [0.15, 0.2) is 85.2 Å². The Morgan fingerprint density at radius 3 is 1.36 bits per heavy atom. The van der Waals surface area contributed by atoms with Gasteiger partial charge in [0.15, 0.2) is 5.82 Å². The van der Waals surface area contributed by atoms with E-state index in [1.165, 1.54) is 12.1 Å². The molecule has 0 atom stereocenters. The monoisotopic (exact) mass is 1110 g/mol. The molecule has 6 aromatic heterocycles. The molecule has 310 valence electrons. The molecule has 0 bridgehead atoms. The second-order valence-corrected chi connectivity index (χ2v) is 8.92. The van der Waals surface area contributed by atoms with Crippen molar-refractivity contribution in [2.45, 2.75) is 12.4 Å². The van der Waals surface area contributed by atoms with Crippen molar-refractivity contribution in [1.29, 1.82) is 0 Å². The van der Waals surface area contributed by atoms with Crippen molar-refractivity contribution in [2.24, 2.45) is 0 Å². The van der Waals surface area contributed by atoms with Gasteiger partial charge in [0.1, 0.15) is 11.5 Å². The smallest absolute Gasteiger partial charge is 0.413 e. The largest absolute Gasteiger partial charge is 0.451 e. The predicted molar refractivity (Wildman–Crippen MR) is 161 cm³/mol.